The van der Waals surface area contributed by atoms with Crippen molar-refractivity contribution >= 4 is 0 Å². The van der Waals surface area contributed by atoms with Crippen molar-refractivity contribution in [3.8, 4) is 5.75 Å². The largest absolute Gasteiger partial charge is 0.493 e. The highest BCUT2D eigenvalue weighted by Gasteiger charge is 2.19. The van der Waals surface area contributed by atoms with Gasteiger partial charge in [-0.1, -0.05) is 31.9 Å². The minimum absolute atomic E-state index is 0.445. The lowest BCUT2D eigenvalue weighted by Gasteiger charge is -2.27. The van der Waals surface area contributed by atoms with Gasteiger partial charge < -0.3 is 10.1 Å². The Morgan fingerprint density at radius 3 is 2.85 bits per heavy atom. The lowest BCUT2D eigenvalue weighted by molar-refractivity contribution is 0.276. The number of rotatable bonds is 4. The first-order valence-corrected chi connectivity index (χ1v) is 8.21. The van der Waals surface area contributed by atoms with Gasteiger partial charge in [0, 0.05) is 12.5 Å². The maximum Gasteiger partial charge on any atom is 0.122 e. The minimum Gasteiger partial charge on any atom is -0.493 e. The molecule has 1 saturated carbocycles. The van der Waals surface area contributed by atoms with Gasteiger partial charge in [-0.15, -0.1) is 0 Å². The molecule has 1 atom stereocenters. The molecule has 1 unspecified atom stereocenters. The second-order valence-electron chi connectivity index (χ2n) is 6.72. The van der Waals surface area contributed by atoms with E-state index in [2.05, 4.69) is 37.4 Å². The average molecular weight is 273 g/mol. The number of hydrogen-bond acceptors (Lipinski definition) is 2. The number of benzene rings is 1. The van der Waals surface area contributed by atoms with E-state index < -0.39 is 0 Å². The number of nitrogens with one attached hydrogen (secondary N) is 1. The summed E-state index contributed by atoms with van der Waals surface area (Å²) in [5.41, 5.74) is 2.78. The summed E-state index contributed by atoms with van der Waals surface area (Å²) in [6, 6.07) is 7.12. The summed E-state index contributed by atoms with van der Waals surface area (Å²) in [5.74, 6) is 2.91. The van der Waals surface area contributed by atoms with Crippen LogP contribution in [0, 0.1) is 11.8 Å². The second kappa shape index (κ2) is 6.17. The molecule has 0 amide bonds. The van der Waals surface area contributed by atoms with E-state index in [1.807, 2.05) is 0 Å². The van der Waals surface area contributed by atoms with Crippen LogP contribution in [0.25, 0.3) is 0 Å². The Hall–Kier alpha value is -1.02. The van der Waals surface area contributed by atoms with Crippen molar-refractivity contribution in [2.24, 2.45) is 11.8 Å². The molecule has 1 aliphatic carbocycles. The maximum absolute atomic E-state index is 5.58. The summed E-state index contributed by atoms with van der Waals surface area (Å²) in [6.07, 6.45) is 6.70. The molecule has 1 aliphatic heterocycles. The predicted molar refractivity (Wildman–Crippen MR) is 83.2 cm³/mol. The van der Waals surface area contributed by atoms with E-state index in [0.29, 0.717) is 6.04 Å². The Kier molecular flexibility index (Phi) is 4.30. The molecule has 2 nitrogen and oxygen atoms in total. The van der Waals surface area contributed by atoms with Crippen molar-refractivity contribution < 1.29 is 4.74 Å². The van der Waals surface area contributed by atoms with Gasteiger partial charge in [-0.2, -0.15) is 0 Å². The molecular weight excluding hydrogens is 246 g/mol. The van der Waals surface area contributed by atoms with Gasteiger partial charge in [-0.05, 0) is 55.3 Å². The summed E-state index contributed by atoms with van der Waals surface area (Å²) < 4.78 is 5.58. The van der Waals surface area contributed by atoms with Crippen LogP contribution in [0.1, 0.15) is 56.7 Å². The van der Waals surface area contributed by atoms with Crippen LogP contribution < -0.4 is 10.1 Å². The molecule has 0 radical (unpaired) electrons. The molecule has 2 heteroatoms. The number of hydrogen-bond donors (Lipinski definition) is 1. The lowest BCUT2D eigenvalue weighted by atomic mass is 9.83. The summed E-state index contributed by atoms with van der Waals surface area (Å²) in [7, 11) is 0. The fourth-order valence-electron chi connectivity index (χ4n) is 3.47. The molecule has 110 valence electrons. The molecule has 1 aromatic rings. The van der Waals surface area contributed by atoms with Crippen molar-refractivity contribution in [1.29, 1.82) is 0 Å². The standard InChI is InChI=1S/C18H27NO/c1-13-3-5-15(6-4-13)12-19-14(2)16-7-8-18-17(11-16)9-10-20-18/h7-8,11,13-15,19H,3-6,9-10,12H2,1-2H3. The van der Waals surface area contributed by atoms with Crippen LogP contribution in [0.5, 0.6) is 5.75 Å². The topological polar surface area (TPSA) is 21.3 Å². The Morgan fingerprint density at radius 2 is 2.05 bits per heavy atom. The van der Waals surface area contributed by atoms with E-state index in [0.717, 1.165) is 30.6 Å². The number of fused-ring (bicyclic) bond motifs is 1. The van der Waals surface area contributed by atoms with E-state index in [4.69, 9.17) is 4.74 Å². The Labute approximate surface area is 122 Å². The minimum atomic E-state index is 0.445. The molecule has 3 rings (SSSR count). The molecule has 0 saturated heterocycles. The third-order valence-corrected chi connectivity index (χ3v) is 5.06. The molecule has 0 aromatic heterocycles. The summed E-state index contributed by atoms with van der Waals surface area (Å²) in [6.45, 7) is 6.68. The van der Waals surface area contributed by atoms with Crippen molar-refractivity contribution in [3.05, 3.63) is 29.3 Å². The summed E-state index contributed by atoms with van der Waals surface area (Å²) in [4.78, 5) is 0. The third-order valence-electron chi connectivity index (χ3n) is 5.06. The highest BCUT2D eigenvalue weighted by molar-refractivity contribution is 5.40. The monoisotopic (exact) mass is 273 g/mol. The first kappa shape index (κ1) is 13.9. The van der Waals surface area contributed by atoms with Gasteiger partial charge in [0.1, 0.15) is 5.75 Å². The van der Waals surface area contributed by atoms with E-state index in [1.165, 1.54) is 43.4 Å². The molecule has 2 aliphatic rings. The van der Waals surface area contributed by atoms with E-state index in [1.54, 1.807) is 0 Å². The van der Waals surface area contributed by atoms with E-state index in [-0.39, 0.29) is 0 Å². The SMILES string of the molecule is CC1CCC(CNC(C)c2ccc3c(c2)CCO3)CC1. The molecule has 1 aromatic carbocycles. The normalized spacial score (nSPS) is 26.9. The van der Waals surface area contributed by atoms with Gasteiger partial charge in [-0.25, -0.2) is 0 Å². The van der Waals surface area contributed by atoms with Crippen LogP contribution in [0.3, 0.4) is 0 Å². The first-order valence-electron chi connectivity index (χ1n) is 8.21. The number of ether oxygens (including phenoxy) is 1. The molecular formula is C18H27NO. The van der Waals surface area contributed by atoms with Crippen LogP contribution in [0.15, 0.2) is 18.2 Å². The molecule has 1 fully saturated rings. The zero-order chi connectivity index (χ0) is 13.9. The molecule has 0 spiro atoms. The van der Waals surface area contributed by atoms with Crippen LogP contribution in [0.2, 0.25) is 0 Å². The predicted octanol–water partition coefficient (Wildman–Crippen LogP) is 4.10. The van der Waals surface area contributed by atoms with Crippen molar-refractivity contribution in [2.75, 3.05) is 13.2 Å². The summed E-state index contributed by atoms with van der Waals surface area (Å²) in [5, 5.41) is 3.73. The second-order valence-corrected chi connectivity index (χ2v) is 6.72. The molecule has 20 heavy (non-hydrogen) atoms. The van der Waals surface area contributed by atoms with Crippen molar-refractivity contribution in [2.45, 2.75) is 52.0 Å². The fraction of sp³-hybridized carbons (Fsp3) is 0.667. The van der Waals surface area contributed by atoms with Gasteiger partial charge in [0.15, 0.2) is 0 Å². The zero-order valence-electron chi connectivity index (χ0n) is 12.8. The van der Waals surface area contributed by atoms with Gasteiger partial charge in [0.25, 0.3) is 0 Å². The Morgan fingerprint density at radius 1 is 1.25 bits per heavy atom. The molecule has 1 heterocycles. The van der Waals surface area contributed by atoms with Gasteiger partial charge in [0.05, 0.1) is 6.61 Å². The average Bonchev–Trinajstić information content (AvgIpc) is 2.93. The highest BCUT2D eigenvalue weighted by atomic mass is 16.5. The van der Waals surface area contributed by atoms with E-state index in [9.17, 15) is 0 Å². The van der Waals surface area contributed by atoms with E-state index >= 15 is 0 Å². The lowest BCUT2D eigenvalue weighted by Crippen LogP contribution is -2.28. The highest BCUT2D eigenvalue weighted by Crippen LogP contribution is 2.30. The van der Waals surface area contributed by atoms with Crippen LogP contribution in [0.4, 0.5) is 0 Å². The molecule has 1 N–H and O–H groups in total. The quantitative estimate of drug-likeness (QED) is 0.892. The van der Waals surface area contributed by atoms with Gasteiger partial charge in [-0.3, -0.25) is 0 Å². The molecule has 0 bridgehead atoms. The maximum atomic E-state index is 5.58. The van der Waals surface area contributed by atoms with Crippen molar-refractivity contribution in [1.82, 2.24) is 5.32 Å². The smallest absolute Gasteiger partial charge is 0.122 e. The van der Waals surface area contributed by atoms with Crippen LogP contribution >= 0.6 is 0 Å². The Balaban J connectivity index is 1.52. The van der Waals surface area contributed by atoms with Crippen LogP contribution in [-0.2, 0) is 6.42 Å². The zero-order valence-corrected chi connectivity index (χ0v) is 12.8. The Bertz CT molecular complexity index is 449. The third kappa shape index (κ3) is 3.17. The van der Waals surface area contributed by atoms with Gasteiger partial charge in [0.2, 0.25) is 0 Å². The van der Waals surface area contributed by atoms with Crippen molar-refractivity contribution in [3.63, 3.8) is 0 Å². The van der Waals surface area contributed by atoms with Gasteiger partial charge >= 0.3 is 0 Å². The first-order chi connectivity index (χ1) is 9.72. The van der Waals surface area contributed by atoms with Crippen LogP contribution in [-0.4, -0.2) is 13.2 Å². The summed E-state index contributed by atoms with van der Waals surface area (Å²) >= 11 is 0. The fourth-order valence-corrected chi connectivity index (χ4v) is 3.47.